The van der Waals surface area contributed by atoms with Gasteiger partial charge in [0.15, 0.2) is 0 Å². The Morgan fingerprint density at radius 1 is 0.933 bits per heavy atom. The lowest BCUT2D eigenvalue weighted by molar-refractivity contribution is 0.0392. The van der Waals surface area contributed by atoms with E-state index in [2.05, 4.69) is 60.5 Å². The number of thiol groups is 1. The molecule has 2 aliphatic rings. The molecule has 0 aromatic rings. The fraction of sp³-hybridized carbons (Fsp3) is 1.00. The minimum Gasteiger partial charge on any atom is -0.300 e. The molecule has 2 saturated heterocycles. The summed E-state index contributed by atoms with van der Waals surface area (Å²) in [7, 11) is 0. The van der Waals surface area contributed by atoms with Crippen molar-refractivity contribution in [3.8, 4) is 0 Å². The predicted octanol–water partition coefficient (Wildman–Crippen LogP) is 5.01. The summed E-state index contributed by atoms with van der Waals surface area (Å²) in [6.45, 7) is 22.5. The minimum absolute atomic E-state index is 0.653. The molecule has 0 spiro atoms. The normalized spacial score (nSPS) is 28.0. The van der Waals surface area contributed by atoms with Gasteiger partial charge in [0.25, 0.3) is 0 Å². The van der Waals surface area contributed by atoms with Crippen LogP contribution in [0.4, 0.5) is 0 Å². The van der Waals surface area contributed by atoms with E-state index in [1.807, 2.05) is 0 Å². The Morgan fingerprint density at radius 3 is 2.33 bits per heavy atom. The second-order valence-electron chi connectivity index (χ2n) is 10.2. The van der Waals surface area contributed by atoms with E-state index in [1.54, 1.807) is 0 Å². The van der Waals surface area contributed by atoms with Crippen LogP contribution in [-0.4, -0.2) is 89.0 Å². The van der Waals surface area contributed by atoms with E-state index in [0.29, 0.717) is 18.1 Å². The van der Waals surface area contributed by atoms with Gasteiger partial charge in [-0.3, -0.25) is 19.0 Å². The Kier molecular flexibility index (Phi) is 12.1. The first-order chi connectivity index (χ1) is 14.4. The van der Waals surface area contributed by atoms with Crippen LogP contribution in [0.2, 0.25) is 0 Å². The topological polar surface area (TPSA) is 13.0 Å². The maximum absolute atomic E-state index is 4.69. The number of nitrogens with zero attached hydrogens (tertiary/aromatic N) is 4. The maximum Gasteiger partial charge on any atom is 0.0243 e. The van der Waals surface area contributed by atoms with Crippen LogP contribution in [0.1, 0.15) is 86.5 Å². The molecule has 0 aromatic carbocycles. The third kappa shape index (κ3) is 7.95. The van der Waals surface area contributed by atoms with Gasteiger partial charge in [-0.25, -0.2) is 0 Å². The van der Waals surface area contributed by atoms with E-state index in [-0.39, 0.29) is 0 Å². The first-order valence-corrected chi connectivity index (χ1v) is 13.5. The molecule has 0 aromatic heterocycles. The number of hydrogen-bond acceptors (Lipinski definition) is 5. The van der Waals surface area contributed by atoms with Gasteiger partial charge in [0.1, 0.15) is 0 Å². The van der Waals surface area contributed by atoms with E-state index in [4.69, 9.17) is 12.8 Å². The summed E-state index contributed by atoms with van der Waals surface area (Å²) in [5.41, 5.74) is 0. The van der Waals surface area contributed by atoms with Gasteiger partial charge in [-0.05, 0) is 91.4 Å². The van der Waals surface area contributed by atoms with Gasteiger partial charge in [0, 0.05) is 43.8 Å². The number of rotatable bonds is 12. The molecule has 0 amide bonds. The first kappa shape index (κ1) is 26.4. The van der Waals surface area contributed by atoms with Gasteiger partial charge in [0.05, 0.1) is 0 Å². The standard InChI is InChI=1S/C25H52N4S/c1-7-14-27-16-13-23(18-25(27)20-28(30)9-3)17-22(6)29-15-11-10-12-24(29)19-26(8-2)21(4)5/h21-25,30H,7-20H2,1-6H3. The van der Waals surface area contributed by atoms with Crippen LogP contribution in [-0.2, 0) is 0 Å². The van der Waals surface area contributed by atoms with Crippen LogP contribution in [0, 0.1) is 5.92 Å². The van der Waals surface area contributed by atoms with E-state index >= 15 is 0 Å². The Hall–Kier alpha value is 0.190. The zero-order valence-electron chi connectivity index (χ0n) is 21.0. The van der Waals surface area contributed by atoms with Crippen molar-refractivity contribution in [3.63, 3.8) is 0 Å². The van der Waals surface area contributed by atoms with Crippen LogP contribution >= 0.6 is 12.8 Å². The Balaban J connectivity index is 1.95. The van der Waals surface area contributed by atoms with Crippen molar-refractivity contribution in [2.45, 2.75) is 111 Å². The summed E-state index contributed by atoms with van der Waals surface area (Å²) < 4.78 is 2.21. The molecule has 0 N–H and O–H groups in total. The van der Waals surface area contributed by atoms with Gasteiger partial charge in [-0.15, -0.1) is 0 Å². The Labute approximate surface area is 194 Å². The highest BCUT2D eigenvalue weighted by atomic mass is 32.1. The molecule has 0 bridgehead atoms. The molecule has 2 fully saturated rings. The second-order valence-corrected chi connectivity index (χ2v) is 10.8. The molecule has 0 aliphatic carbocycles. The lowest BCUT2D eigenvalue weighted by atomic mass is 9.84. The maximum atomic E-state index is 4.69. The number of likely N-dealkylation sites (N-methyl/N-ethyl adjacent to an activating group) is 2. The summed E-state index contributed by atoms with van der Waals surface area (Å²) in [6, 6.07) is 2.80. The van der Waals surface area contributed by atoms with Gasteiger partial charge >= 0.3 is 0 Å². The third-order valence-electron chi connectivity index (χ3n) is 7.74. The molecule has 0 saturated carbocycles. The smallest absolute Gasteiger partial charge is 0.0243 e. The highest BCUT2D eigenvalue weighted by molar-refractivity contribution is 7.77. The first-order valence-electron chi connectivity index (χ1n) is 13.1. The Bertz CT molecular complexity index is 460. The summed E-state index contributed by atoms with van der Waals surface area (Å²) in [5, 5.41) is 0. The van der Waals surface area contributed by atoms with E-state index in [1.165, 1.54) is 77.7 Å². The number of piperidine rings is 2. The summed E-state index contributed by atoms with van der Waals surface area (Å²) >= 11 is 4.69. The van der Waals surface area contributed by atoms with Gasteiger partial charge in [-0.1, -0.05) is 40.0 Å². The molecule has 5 heteroatoms. The third-order valence-corrected chi connectivity index (χ3v) is 8.18. The van der Waals surface area contributed by atoms with Crippen LogP contribution < -0.4 is 0 Å². The summed E-state index contributed by atoms with van der Waals surface area (Å²) in [6.07, 6.45) is 9.55. The zero-order valence-corrected chi connectivity index (χ0v) is 21.9. The Morgan fingerprint density at radius 2 is 1.70 bits per heavy atom. The van der Waals surface area contributed by atoms with Crippen LogP contribution in [0.3, 0.4) is 0 Å². The fourth-order valence-electron chi connectivity index (χ4n) is 5.93. The fourth-order valence-corrected chi connectivity index (χ4v) is 6.12. The molecule has 4 unspecified atom stereocenters. The number of hydrogen-bond donors (Lipinski definition) is 1. The van der Waals surface area contributed by atoms with Crippen molar-refractivity contribution in [1.29, 1.82) is 0 Å². The molecular formula is C25H52N4S. The van der Waals surface area contributed by atoms with Crippen molar-refractivity contribution < 1.29 is 0 Å². The largest absolute Gasteiger partial charge is 0.300 e. The SMILES string of the molecule is CCCN1CCC(CC(C)N2CCCCC2CN(CC)C(C)C)CC1CN(S)CC. The predicted molar refractivity (Wildman–Crippen MR) is 135 cm³/mol. The monoisotopic (exact) mass is 440 g/mol. The molecule has 30 heavy (non-hydrogen) atoms. The molecule has 178 valence electrons. The average molecular weight is 441 g/mol. The van der Waals surface area contributed by atoms with Gasteiger partial charge in [0.2, 0.25) is 0 Å². The van der Waals surface area contributed by atoms with Crippen molar-refractivity contribution >= 4 is 12.8 Å². The van der Waals surface area contributed by atoms with Crippen molar-refractivity contribution in [1.82, 2.24) is 19.0 Å². The van der Waals surface area contributed by atoms with Gasteiger partial charge < -0.3 is 0 Å². The van der Waals surface area contributed by atoms with E-state index < -0.39 is 0 Å². The molecule has 4 atom stereocenters. The summed E-state index contributed by atoms with van der Waals surface area (Å²) in [5.74, 6) is 0.867. The van der Waals surface area contributed by atoms with Crippen LogP contribution in [0.15, 0.2) is 0 Å². The van der Waals surface area contributed by atoms with Crippen molar-refractivity contribution in [2.24, 2.45) is 5.92 Å². The zero-order chi connectivity index (χ0) is 22.1. The summed E-state index contributed by atoms with van der Waals surface area (Å²) in [4.78, 5) is 8.30. The lowest BCUT2D eigenvalue weighted by Crippen LogP contribution is -2.53. The average Bonchev–Trinajstić information content (AvgIpc) is 2.73. The molecular weight excluding hydrogens is 388 g/mol. The van der Waals surface area contributed by atoms with E-state index in [9.17, 15) is 0 Å². The highest BCUT2D eigenvalue weighted by Gasteiger charge is 2.33. The van der Waals surface area contributed by atoms with Crippen LogP contribution in [0.25, 0.3) is 0 Å². The molecule has 2 aliphatic heterocycles. The van der Waals surface area contributed by atoms with Gasteiger partial charge in [-0.2, -0.15) is 0 Å². The number of likely N-dealkylation sites (tertiary alicyclic amines) is 2. The molecule has 0 radical (unpaired) electrons. The molecule has 2 heterocycles. The molecule has 4 nitrogen and oxygen atoms in total. The highest BCUT2D eigenvalue weighted by Crippen LogP contribution is 2.31. The lowest BCUT2D eigenvalue weighted by Gasteiger charge is -2.45. The van der Waals surface area contributed by atoms with E-state index in [0.717, 1.165) is 25.0 Å². The van der Waals surface area contributed by atoms with Crippen molar-refractivity contribution in [3.05, 3.63) is 0 Å². The quantitative estimate of drug-likeness (QED) is 0.428. The second kappa shape index (κ2) is 13.7. The molecule has 2 rings (SSSR count). The van der Waals surface area contributed by atoms with Crippen LogP contribution in [0.5, 0.6) is 0 Å². The van der Waals surface area contributed by atoms with Crippen molar-refractivity contribution in [2.75, 3.05) is 45.8 Å². The minimum atomic E-state index is 0.653.